The Labute approximate surface area is 138 Å². The summed E-state index contributed by atoms with van der Waals surface area (Å²) in [5.74, 6) is 0.117. The summed E-state index contributed by atoms with van der Waals surface area (Å²) in [6, 6.07) is 11.3. The number of amides is 1. The first-order valence-electron chi connectivity index (χ1n) is 8.84. The van der Waals surface area contributed by atoms with Gasteiger partial charge >= 0.3 is 0 Å². The van der Waals surface area contributed by atoms with Gasteiger partial charge in [-0.15, -0.1) is 0 Å². The first kappa shape index (κ1) is 15.2. The van der Waals surface area contributed by atoms with Crippen molar-refractivity contribution >= 4 is 5.91 Å². The molecule has 1 aromatic rings. The minimum absolute atomic E-state index is 0.103. The van der Waals surface area contributed by atoms with E-state index in [1.54, 1.807) is 0 Å². The average Bonchev–Trinajstić information content (AvgIpc) is 3.33. The summed E-state index contributed by atoms with van der Waals surface area (Å²) in [4.78, 5) is 14.4. The van der Waals surface area contributed by atoms with Crippen LogP contribution in [0.3, 0.4) is 0 Å². The van der Waals surface area contributed by atoms with Crippen molar-refractivity contribution in [3.05, 3.63) is 35.9 Å². The monoisotopic (exact) mass is 314 g/mol. The lowest BCUT2D eigenvalue weighted by Crippen LogP contribution is -2.60. The van der Waals surface area contributed by atoms with Crippen LogP contribution in [-0.4, -0.2) is 41.6 Å². The molecule has 3 fully saturated rings. The lowest BCUT2D eigenvalue weighted by atomic mass is 9.80. The Kier molecular flexibility index (Phi) is 3.69. The van der Waals surface area contributed by atoms with Crippen molar-refractivity contribution in [2.45, 2.75) is 62.3 Å². The Morgan fingerprint density at radius 1 is 1.17 bits per heavy atom. The Morgan fingerprint density at radius 2 is 1.87 bits per heavy atom. The van der Waals surface area contributed by atoms with Gasteiger partial charge in [-0.3, -0.25) is 9.69 Å². The van der Waals surface area contributed by atoms with Crippen LogP contribution in [0.5, 0.6) is 0 Å². The van der Waals surface area contributed by atoms with E-state index in [2.05, 4.69) is 47.6 Å². The molecule has 4 nitrogen and oxygen atoms in total. The minimum Gasteiger partial charge on any atom is -0.357 e. The van der Waals surface area contributed by atoms with E-state index in [-0.39, 0.29) is 11.5 Å². The molecule has 1 heterocycles. The second-order valence-electron chi connectivity index (χ2n) is 7.59. The number of carbonyl (C=O) groups excluding carboxylic acids is 1. The molecule has 0 radical (unpaired) electrons. The van der Waals surface area contributed by atoms with E-state index in [1.165, 1.54) is 5.56 Å². The van der Waals surface area contributed by atoms with Crippen molar-refractivity contribution in [2.75, 3.05) is 13.6 Å². The summed E-state index contributed by atoms with van der Waals surface area (Å²) in [6.07, 6.45) is 6.21. The fourth-order valence-corrected chi connectivity index (χ4v) is 4.19. The number of carbonyl (C=O) groups is 1. The molecule has 0 bridgehead atoms. The largest absolute Gasteiger partial charge is 0.357 e. The molecular weight excluding hydrogens is 288 g/mol. The molecule has 1 aliphatic heterocycles. The molecule has 0 aromatic heterocycles. The van der Waals surface area contributed by atoms with E-state index >= 15 is 0 Å². The second kappa shape index (κ2) is 5.60. The van der Waals surface area contributed by atoms with Gasteiger partial charge in [0.15, 0.2) is 0 Å². The average molecular weight is 314 g/mol. The van der Waals surface area contributed by atoms with Crippen LogP contribution in [0.15, 0.2) is 30.3 Å². The van der Waals surface area contributed by atoms with Gasteiger partial charge in [-0.1, -0.05) is 30.3 Å². The summed E-state index contributed by atoms with van der Waals surface area (Å²) in [6.45, 7) is 1.70. The van der Waals surface area contributed by atoms with Gasteiger partial charge in [0.2, 0.25) is 0 Å². The molecule has 4 heteroatoms. The van der Waals surface area contributed by atoms with Gasteiger partial charge in [-0.05, 0) is 51.1 Å². The molecular formula is C19H26N2O2. The number of rotatable bonds is 3. The second-order valence-corrected chi connectivity index (χ2v) is 7.59. The first-order chi connectivity index (χ1) is 11.1. The number of hydrogen-bond acceptors (Lipinski definition) is 3. The minimum atomic E-state index is -0.457. The van der Waals surface area contributed by atoms with E-state index in [9.17, 15) is 4.79 Å². The van der Waals surface area contributed by atoms with Crippen LogP contribution in [0.2, 0.25) is 0 Å². The first-order valence-corrected chi connectivity index (χ1v) is 8.84. The topological polar surface area (TPSA) is 41.6 Å². The highest BCUT2D eigenvalue weighted by Gasteiger charge is 2.59. The number of nitrogens with one attached hydrogen (secondary N) is 1. The van der Waals surface area contributed by atoms with Crippen molar-refractivity contribution in [1.29, 1.82) is 0 Å². The van der Waals surface area contributed by atoms with E-state index < -0.39 is 5.60 Å². The van der Waals surface area contributed by atoms with Crippen LogP contribution in [0.25, 0.3) is 0 Å². The van der Waals surface area contributed by atoms with Crippen molar-refractivity contribution in [1.82, 2.24) is 10.2 Å². The fourth-order valence-electron chi connectivity index (χ4n) is 4.19. The highest BCUT2D eigenvalue weighted by Crippen LogP contribution is 2.48. The van der Waals surface area contributed by atoms with Crippen LogP contribution < -0.4 is 5.32 Å². The predicted octanol–water partition coefficient (Wildman–Crippen LogP) is 2.48. The zero-order valence-electron chi connectivity index (χ0n) is 13.9. The Hall–Kier alpha value is -1.39. The zero-order chi connectivity index (χ0) is 15.9. The van der Waals surface area contributed by atoms with E-state index in [1.807, 2.05) is 0 Å². The van der Waals surface area contributed by atoms with Crippen LogP contribution in [0, 0.1) is 0 Å². The number of ether oxygens (including phenoxy) is 1. The molecule has 1 aromatic carbocycles. The summed E-state index contributed by atoms with van der Waals surface area (Å²) < 4.78 is 6.34. The zero-order valence-corrected chi connectivity index (χ0v) is 13.9. The third-order valence-corrected chi connectivity index (χ3v) is 5.87. The van der Waals surface area contributed by atoms with Gasteiger partial charge in [-0.2, -0.15) is 0 Å². The van der Waals surface area contributed by atoms with Crippen LogP contribution in [-0.2, 0) is 16.1 Å². The lowest BCUT2D eigenvalue weighted by Gasteiger charge is -2.47. The van der Waals surface area contributed by atoms with E-state index in [0.717, 1.165) is 45.1 Å². The van der Waals surface area contributed by atoms with E-state index in [0.29, 0.717) is 12.6 Å². The maximum absolute atomic E-state index is 11.9. The third-order valence-electron chi connectivity index (χ3n) is 5.87. The maximum Gasteiger partial charge on any atom is 0.252 e. The van der Waals surface area contributed by atoms with Gasteiger partial charge in [-0.25, -0.2) is 0 Å². The Bertz CT molecular complexity index is 574. The van der Waals surface area contributed by atoms with Gasteiger partial charge < -0.3 is 10.1 Å². The molecule has 0 unspecified atom stereocenters. The number of hydrogen-bond donors (Lipinski definition) is 1. The molecule has 0 atom stereocenters. The standard InChI is InChI=1S/C19H26N2O2/c1-21(13-15-5-3-2-4-6-15)16-7-9-18(10-8-16)14-20-17(22)19(23-18)11-12-19/h2-6,16H,7-14H2,1H3,(H,20,22)/t16-,18-. The molecule has 2 saturated carbocycles. The molecule has 4 rings (SSSR count). The molecule has 1 N–H and O–H groups in total. The highest BCUT2D eigenvalue weighted by molar-refractivity contribution is 5.88. The molecule has 2 spiro atoms. The molecule has 2 aliphatic carbocycles. The van der Waals surface area contributed by atoms with E-state index in [4.69, 9.17) is 4.74 Å². The SMILES string of the molecule is CN(Cc1ccccc1)[C@H]1CC[C@]2(CC1)CNC(=O)C1(CC1)O2. The third kappa shape index (κ3) is 2.90. The quantitative estimate of drug-likeness (QED) is 0.932. The fraction of sp³-hybridized carbons (Fsp3) is 0.632. The number of benzene rings is 1. The van der Waals surface area contributed by atoms with Crippen LogP contribution in [0.4, 0.5) is 0 Å². The van der Waals surface area contributed by atoms with Crippen LogP contribution >= 0.6 is 0 Å². The smallest absolute Gasteiger partial charge is 0.252 e. The highest BCUT2D eigenvalue weighted by atomic mass is 16.5. The van der Waals surface area contributed by atoms with Crippen molar-refractivity contribution < 1.29 is 9.53 Å². The maximum atomic E-state index is 11.9. The molecule has 124 valence electrons. The van der Waals surface area contributed by atoms with Gasteiger partial charge in [0, 0.05) is 19.1 Å². The summed E-state index contributed by atoms with van der Waals surface area (Å²) in [7, 11) is 2.22. The number of nitrogens with zero attached hydrogens (tertiary/aromatic N) is 1. The van der Waals surface area contributed by atoms with Gasteiger partial charge in [0.25, 0.3) is 5.91 Å². The normalized spacial score (nSPS) is 32.3. The molecule has 3 aliphatic rings. The van der Waals surface area contributed by atoms with Crippen molar-refractivity contribution in [2.24, 2.45) is 0 Å². The van der Waals surface area contributed by atoms with Gasteiger partial charge in [0.1, 0.15) is 5.60 Å². The Morgan fingerprint density at radius 3 is 2.52 bits per heavy atom. The predicted molar refractivity (Wildman–Crippen MR) is 89.0 cm³/mol. The lowest BCUT2D eigenvalue weighted by molar-refractivity contribution is -0.177. The van der Waals surface area contributed by atoms with Crippen molar-refractivity contribution in [3.63, 3.8) is 0 Å². The van der Waals surface area contributed by atoms with Crippen LogP contribution in [0.1, 0.15) is 44.1 Å². The summed E-state index contributed by atoms with van der Waals surface area (Å²) in [5.41, 5.74) is 0.809. The summed E-state index contributed by atoms with van der Waals surface area (Å²) >= 11 is 0. The van der Waals surface area contributed by atoms with Crippen molar-refractivity contribution in [3.8, 4) is 0 Å². The van der Waals surface area contributed by atoms with Gasteiger partial charge in [0.05, 0.1) is 5.60 Å². The Balaban J connectivity index is 1.35. The number of morpholine rings is 1. The molecule has 23 heavy (non-hydrogen) atoms. The molecule has 1 saturated heterocycles. The molecule has 1 amide bonds. The summed E-state index contributed by atoms with van der Waals surface area (Å²) in [5, 5.41) is 3.10.